The van der Waals surface area contributed by atoms with Gasteiger partial charge in [0, 0.05) is 5.69 Å². The van der Waals surface area contributed by atoms with Gasteiger partial charge in [-0.05, 0) is 59.7 Å². The lowest BCUT2D eigenvalue weighted by Gasteiger charge is -2.08. The van der Waals surface area contributed by atoms with E-state index in [2.05, 4.69) is 15.8 Å². The van der Waals surface area contributed by atoms with Crippen LogP contribution in [0.1, 0.15) is 33.4 Å². The Labute approximate surface area is 178 Å². The number of hydrogen-bond donors (Lipinski definition) is 3. The number of hydrazone groups is 1. The normalized spacial score (nSPS) is 11.3. The highest BCUT2D eigenvalue weighted by molar-refractivity contribution is 6.05. The summed E-state index contributed by atoms with van der Waals surface area (Å²) in [6, 6.07) is 20.9. The Morgan fingerprint density at radius 2 is 1.61 bits per heavy atom. The molecule has 7 nitrogen and oxygen atoms in total. The number of nitrogens with zero attached hydrogens (tertiary/aromatic N) is 1. The molecule has 0 aliphatic heterocycles. The predicted molar refractivity (Wildman–Crippen MR) is 118 cm³/mol. The van der Waals surface area contributed by atoms with Crippen LogP contribution >= 0.6 is 0 Å². The van der Waals surface area contributed by atoms with Crippen LogP contribution in [0.4, 0.5) is 5.69 Å². The molecule has 1 heterocycles. The highest BCUT2D eigenvalue weighted by atomic mass is 16.3. The summed E-state index contributed by atoms with van der Waals surface area (Å²) in [6.07, 6.45) is 1.43. The summed E-state index contributed by atoms with van der Waals surface area (Å²) in [5.74, 6) is -0.738. The second-order valence-corrected chi connectivity index (χ2v) is 6.86. The van der Waals surface area contributed by atoms with E-state index in [9.17, 15) is 14.7 Å². The summed E-state index contributed by atoms with van der Waals surface area (Å²) in [5.41, 5.74) is 4.55. The van der Waals surface area contributed by atoms with Gasteiger partial charge in [-0.15, -0.1) is 0 Å². The number of aromatic hydroxyl groups is 1. The zero-order valence-corrected chi connectivity index (χ0v) is 16.6. The molecule has 1 aromatic heterocycles. The number of carbonyl (C=O) groups is 2. The Morgan fingerprint density at radius 1 is 0.903 bits per heavy atom. The molecule has 0 fully saturated rings. The van der Waals surface area contributed by atoms with Gasteiger partial charge in [-0.1, -0.05) is 36.4 Å². The van der Waals surface area contributed by atoms with Crippen molar-refractivity contribution in [1.82, 2.24) is 5.43 Å². The third-order valence-corrected chi connectivity index (χ3v) is 4.74. The third kappa shape index (κ3) is 4.45. The zero-order valence-electron chi connectivity index (χ0n) is 16.6. The van der Waals surface area contributed by atoms with E-state index >= 15 is 0 Å². The lowest BCUT2D eigenvalue weighted by Crippen LogP contribution is -2.19. The maximum Gasteiger partial charge on any atom is 0.291 e. The number of rotatable bonds is 5. The first kappa shape index (κ1) is 19.9. The fraction of sp³-hybridized carbons (Fsp3) is 0.0417. The molecule has 0 spiro atoms. The lowest BCUT2D eigenvalue weighted by molar-refractivity contribution is 0.0951. The minimum atomic E-state index is -0.509. The molecule has 4 rings (SSSR count). The molecule has 3 aromatic carbocycles. The van der Waals surface area contributed by atoms with E-state index < -0.39 is 5.91 Å². The summed E-state index contributed by atoms with van der Waals surface area (Å²) in [7, 11) is 0. The van der Waals surface area contributed by atoms with E-state index in [1.165, 1.54) is 6.26 Å². The van der Waals surface area contributed by atoms with Gasteiger partial charge in [-0.2, -0.15) is 5.10 Å². The van der Waals surface area contributed by atoms with Gasteiger partial charge in [0.1, 0.15) is 5.75 Å². The fourth-order valence-electron chi connectivity index (χ4n) is 3.06. The molecule has 0 unspecified atom stereocenters. The van der Waals surface area contributed by atoms with E-state index in [0.29, 0.717) is 11.4 Å². The van der Waals surface area contributed by atoms with Gasteiger partial charge >= 0.3 is 0 Å². The van der Waals surface area contributed by atoms with Crippen molar-refractivity contribution in [3.8, 4) is 5.75 Å². The standard InChI is InChI=1S/C24H19N3O4/c1-15(16-8-10-19(11-9-16)25-24(30)22-7-4-12-31-22)26-27-23(29)20-13-17-5-2-3-6-18(17)14-21(20)28/h2-14,28H,1H3,(H,25,30)(H,27,29). The average molecular weight is 413 g/mol. The molecule has 31 heavy (non-hydrogen) atoms. The van der Waals surface area contributed by atoms with Crippen LogP contribution in [-0.2, 0) is 0 Å². The Morgan fingerprint density at radius 3 is 2.29 bits per heavy atom. The average Bonchev–Trinajstić information content (AvgIpc) is 3.32. The van der Waals surface area contributed by atoms with Crippen LogP contribution in [0, 0.1) is 0 Å². The first-order valence-corrected chi connectivity index (χ1v) is 9.53. The summed E-state index contributed by atoms with van der Waals surface area (Å²) in [5, 5.41) is 18.7. The highest BCUT2D eigenvalue weighted by Crippen LogP contribution is 2.25. The van der Waals surface area contributed by atoms with Gasteiger partial charge in [-0.3, -0.25) is 9.59 Å². The van der Waals surface area contributed by atoms with E-state index in [-0.39, 0.29) is 23.0 Å². The minimum Gasteiger partial charge on any atom is -0.507 e. The number of phenolic OH excluding ortho intramolecular Hbond substituents is 1. The van der Waals surface area contributed by atoms with Crippen LogP contribution in [0.2, 0.25) is 0 Å². The number of amides is 2. The quantitative estimate of drug-likeness (QED) is 0.330. The van der Waals surface area contributed by atoms with Crippen molar-refractivity contribution in [2.24, 2.45) is 5.10 Å². The molecule has 0 radical (unpaired) electrons. The smallest absolute Gasteiger partial charge is 0.291 e. The minimum absolute atomic E-state index is 0.110. The van der Waals surface area contributed by atoms with Crippen molar-refractivity contribution in [2.75, 3.05) is 5.32 Å². The zero-order chi connectivity index (χ0) is 21.8. The molecule has 4 aromatic rings. The van der Waals surface area contributed by atoms with Gasteiger partial charge in [0.05, 0.1) is 17.5 Å². The van der Waals surface area contributed by atoms with E-state index in [1.807, 2.05) is 24.3 Å². The van der Waals surface area contributed by atoms with Crippen molar-refractivity contribution in [3.63, 3.8) is 0 Å². The molecule has 2 amide bonds. The first-order valence-electron chi connectivity index (χ1n) is 9.53. The number of furan rings is 1. The van der Waals surface area contributed by atoms with E-state index in [0.717, 1.165) is 16.3 Å². The number of benzene rings is 3. The summed E-state index contributed by atoms with van der Waals surface area (Å²) >= 11 is 0. The molecule has 0 atom stereocenters. The molecule has 7 heteroatoms. The maximum atomic E-state index is 12.5. The first-order chi connectivity index (χ1) is 15.0. The Kier molecular flexibility index (Phi) is 5.49. The van der Waals surface area contributed by atoms with Crippen molar-refractivity contribution in [1.29, 1.82) is 0 Å². The van der Waals surface area contributed by atoms with Crippen LogP contribution in [0.5, 0.6) is 5.75 Å². The monoisotopic (exact) mass is 413 g/mol. The number of carbonyl (C=O) groups excluding carboxylic acids is 2. The molecule has 154 valence electrons. The molecule has 0 aliphatic rings. The fourth-order valence-corrected chi connectivity index (χ4v) is 3.06. The number of anilines is 1. The lowest BCUT2D eigenvalue weighted by atomic mass is 10.1. The van der Waals surface area contributed by atoms with Crippen LogP contribution in [-0.4, -0.2) is 22.6 Å². The van der Waals surface area contributed by atoms with Crippen molar-refractivity contribution in [3.05, 3.63) is 95.9 Å². The second kappa shape index (κ2) is 8.54. The van der Waals surface area contributed by atoms with E-state index in [4.69, 9.17) is 4.42 Å². The Hall–Kier alpha value is -4.39. The van der Waals surface area contributed by atoms with Crippen LogP contribution < -0.4 is 10.7 Å². The van der Waals surface area contributed by atoms with E-state index in [1.54, 1.807) is 55.5 Å². The van der Waals surface area contributed by atoms with Gasteiger partial charge in [0.15, 0.2) is 5.76 Å². The van der Waals surface area contributed by atoms with Gasteiger partial charge < -0.3 is 14.8 Å². The largest absolute Gasteiger partial charge is 0.507 e. The van der Waals surface area contributed by atoms with Crippen LogP contribution in [0.3, 0.4) is 0 Å². The molecule has 3 N–H and O–H groups in total. The number of phenols is 1. The van der Waals surface area contributed by atoms with Crippen molar-refractivity contribution in [2.45, 2.75) is 6.92 Å². The number of fused-ring (bicyclic) bond motifs is 1. The van der Waals surface area contributed by atoms with Gasteiger partial charge in [0.2, 0.25) is 0 Å². The van der Waals surface area contributed by atoms with Crippen LogP contribution in [0.25, 0.3) is 10.8 Å². The highest BCUT2D eigenvalue weighted by Gasteiger charge is 2.12. The molecule has 0 aliphatic carbocycles. The second-order valence-electron chi connectivity index (χ2n) is 6.86. The SMILES string of the molecule is CC(=NNC(=O)c1cc2ccccc2cc1O)c1ccc(NC(=O)c2ccco2)cc1. The Bertz CT molecular complexity index is 1280. The summed E-state index contributed by atoms with van der Waals surface area (Å²) in [6.45, 7) is 1.75. The van der Waals surface area contributed by atoms with Gasteiger partial charge in [-0.25, -0.2) is 5.43 Å². The Balaban J connectivity index is 1.44. The third-order valence-electron chi connectivity index (χ3n) is 4.74. The molecular formula is C24H19N3O4. The molecule has 0 saturated heterocycles. The van der Waals surface area contributed by atoms with Gasteiger partial charge in [0.25, 0.3) is 11.8 Å². The number of hydrogen-bond acceptors (Lipinski definition) is 5. The van der Waals surface area contributed by atoms with Crippen LogP contribution in [0.15, 0.2) is 88.6 Å². The maximum absolute atomic E-state index is 12.5. The van der Waals surface area contributed by atoms with Crippen molar-refractivity contribution < 1.29 is 19.1 Å². The molecular weight excluding hydrogens is 394 g/mol. The topological polar surface area (TPSA) is 104 Å². The molecule has 0 bridgehead atoms. The predicted octanol–water partition coefficient (Wildman–Crippen LogP) is 4.54. The molecule has 0 saturated carbocycles. The van der Waals surface area contributed by atoms with Crippen molar-refractivity contribution >= 4 is 34.0 Å². The number of nitrogens with one attached hydrogen (secondary N) is 2. The summed E-state index contributed by atoms with van der Waals surface area (Å²) in [4.78, 5) is 24.5. The summed E-state index contributed by atoms with van der Waals surface area (Å²) < 4.78 is 5.06.